The summed E-state index contributed by atoms with van der Waals surface area (Å²) in [5.41, 5.74) is 5.22. The number of nitrogens with two attached hydrogens (primary N) is 1. The molecule has 0 saturated heterocycles. The van der Waals surface area contributed by atoms with Gasteiger partial charge in [-0.15, -0.1) is 0 Å². The molecule has 0 aliphatic heterocycles. The minimum atomic E-state index is -1.03. The molecule has 1 amide bonds. The van der Waals surface area contributed by atoms with Crippen molar-refractivity contribution in [2.24, 2.45) is 5.73 Å². The van der Waals surface area contributed by atoms with Crippen molar-refractivity contribution in [2.75, 3.05) is 13.2 Å². The Hall–Kier alpha value is -1.95. The van der Waals surface area contributed by atoms with Gasteiger partial charge in [0.2, 0.25) is 0 Å². The zero-order valence-electron chi connectivity index (χ0n) is 12.8. The average molecular weight is 330 g/mol. The third-order valence-electron chi connectivity index (χ3n) is 2.68. The van der Waals surface area contributed by atoms with Gasteiger partial charge in [-0.2, -0.15) is 0 Å². The molecular formula is C15H20ClNO5. The van der Waals surface area contributed by atoms with E-state index in [1.807, 2.05) is 6.92 Å². The minimum absolute atomic E-state index is 0.158. The van der Waals surface area contributed by atoms with E-state index in [0.717, 1.165) is 6.42 Å². The highest BCUT2D eigenvalue weighted by molar-refractivity contribution is 6.32. The predicted octanol–water partition coefficient (Wildman–Crippen LogP) is 2.56. The Morgan fingerprint density at radius 1 is 1.27 bits per heavy atom. The summed E-state index contributed by atoms with van der Waals surface area (Å²) in [6.07, 6.45) is -0.222. The molecule has 0 aromatic heterocycles. The molecule has 2 N–H and O–H groups in total. The molecule has 7 heteroatoms. The van der Waals surface area contributed by atoms with Crippen LogP contribution in [-0.2, 0) is 9.53 Å². The smallest absolute Gasteiger partial charge is 0.339 e. The highest BCUT2D eigenvalue weighted by atomic mass is 35.5. The lowest BCUT2D eigenvalue weighted by Crippen LogP contribution is -2.30. The van der Waals surface area contributed by atoms with Crippen LogP contribution in [0.15, 0.2) is 12.1 Å². The zero-order valence-corrected chi connectivity index (χ0v) is 13.6. The van der Waals surface area contributed by atoms with Crippen molar-refractivity contribution in [3.63, 3.8) is 0 Å². The number of esters is 1. The number of halogens is 1. The van der Waals surface area contributed by atoms with Gasteiger partial charge in [0.25, 0.3) is 5.91 Å². The topological polar surface area (TPSA) is 87.9 Å². The number of amides is 1. The largest absolute Gasteiger partial charge is 0.490 e. The predicted molar refractivity (Wildman–Crippen MR) is 82.5 cm³/mol. The second kappa shape index (κ2) is 8.48. The van der Waals surface area contributed by atoms with Crippen molar-refractivity contribution in [3.05, 3.63) is 22.7 Å². The number of hydrogen-bond donors (Lipinski definition) is 1. The fraction of sp³-hybridized carbons (Fsp3) is 0.467. The number of rotatable bonds is 8. The van der Waals surface area contributed by atoms with Crippen LogP contribution in [0.3, 0.4) is 0 Å². The summed E-state index contributed by atoms with van der Waals surface area (Å²) < 4.78 is 15.9. The Morgan fingerprint density at radius 3 is 2.50 bits per heavy atom. The first-order chi connectivity index (χ1) is 10.4. The van der Waals surface area contributed by atoms with E-state index in [4.69, 9.17) is 31.5 Å². The second-order valence-corrected chi connectivity index (χ2v) is 4.92. The van der Waals surface area contributed by atoms with Gasteiger partial charge in [-0.25, -0.2) is 4.79 Å². The number of hydrogen-bond acceptors (Lipinski definition) is 5. The van der Waals surface area contributed by atoms with Crippen LogP contribution in [0.2, 0.25) is 5.02 Å². The first-order valence-corrected chi connectivity index (χ1v) is 7.37. The van der Waals surface area contributed by atoms with E-state index >= 15 is 0 Å². The first-order valence-electron chi connectivity index (χ1n) is 7.00. The van der Waals surface area contributed by atoms with E-state index in [1.165, 1.54) is 19.1 Å². The summed E-state index contributed by atoms with van der Waals surface area (Å²) in [5, 5.41) is 0.234. The van der Waals surface area contributed by atoms with Crippen molar-refractivity contribution < 1.29 is 23.8 Å². The Kier molecular flexibility index (Phi) is 6.98. The summed E-state index contributed by atoms with van der Waals surface area (Å²) >= 11 is 6.14. The molecular weight excluding hydrogens is 310 g/mol. The van der Waals surface area contributed by atoms with Crippen molar-refractivity contribution in [3.8, 4) is 11.5 Å². The van der Waals surface area contributed by atoms with Crippen LogP contribution in [0.5, 0.6) is 11.5 Å². The van der Waals surface area contributed by atoms with Crippen LogP contribution >= 0.6 is 11.6 Å². The summed E-state index contributed by atoms with van der Waals surface area (Å²) in [7, 11) is 0. The van der Waals surface area contributed by atoms with Gasteiger partial charge in [0.1, 0.15) is 0 Å². The van der Waals surface area contributed by atoms with Crippen molar-refractivity contribution in [1.29, 1.82) is 0 Å². The molecule has 1 aromatic carbocycles. The Morgan fingerprint density at radius 2 is 1.95 bits per heavy atom. The van der Waals surface area contributed by atoms with Gasteiger partial charge in [-0.3, -0.25) is 4.79 Å². The van der Waals surface area contributed by atoms with Crippen LogP contribution in [0.25, 0.3) is 0 Å². The van der Waals surface area contributed by atoms with Crippen molar-refractivity contribution in [1.82, 2.24) is 0 Å². The zero-order chi connectivity index (χ0) is 16.7. The van der Waals surface area contributed by atoms with Gasteiger partial charge >= 0.3 is 5.97 Å². The highest BCUT2D eigenvalue weighted by Crippen LogP contribution is 2.37. The molecule has 0 saturated carbocycles. The number of carbonyl (C=O) groups excluding carboxylic acids is 2. The number of carbonyl (C=O) groups is 2. The number of primary amides is 1. The first kappa shape index (κ1) is 18.1. The molecule has 0 aliphatic carbocycles. The third kappa shape index (κ3) is 4.80. The normalized spacial score (nSPS) is 11.6. The van der Waals surface area contributed by atoms with E-state index in [-0.39, 0.29) is 10.6 Å². The molecule has 0 spiro atoms. The summed E-state index contributed by atoms with van der Waals surface area (Å²) in [5.74, 6) is -0.712. The number of benzene rings is 1. The van der Waals surface area contributed by atoms with Gasteiger partial charge in [0, 0.05) is 0 Å². The Labute approximate surface area is 134 Å². The van der Waals surface area contributed by atoms with E-state index in [2.05, 4.69) is 0 Å². The lowest BCUT2D eigenvalue weighted by Gasteiger charge is -2.15. The molecule has 1 rings (SSSR count). The molecule has 1 aromatic rings. The van der Waals surface area contributed by atoms with Gasteiger partial charge in [0.15, 0.2) is 17.6 Å². The maximum atomic E-state index is 12.0. The summed E-state index contributed by atoms with van der Waals surface area (Å²) in [6, 6.07) is 2.88. The second-order valence-electron chi connectivity index (χ2n) is 4.52. The van der Waals surface area contributed by atoms with Crippen LogP contribution in [0, 0.1) is 0 Å². The van der Waals surface area contributed by atoms with Crippen LogP contribution in [-0.4, -0.2) is 31.2 Å². The monoisotopic (exact) mass is 329 g/mol. The lowest BCUT2D eigenvalue weighted by atomic mass is 10.2. The molecule has 0 unspecified atom stereocenters. The molecule has 0 aliphatic rings. The summed E-state index contributed by atoms with van der Waals surface area (Å²) in [6.45, 7) is 6.02. The quantitative estimate of drug-likeness (QED) is 0.740. The molecule has 0 fully saturated rings. The van der Waals surface area contributed by atoms with Crippen molar-refractivity contribution >= 4 is 23.5 Å². The molecule has 122 valence electrons. The molecule has 0 heterocycles. The van der Waals surface area contributed by atoms with E-state index in [1.54, 1.807) is 6.92 Å². The average Bonchev–Trinajstić information content (AvgIpc) is 2.46. The van der Waals surface area contributed by atoms with Gasteiger partial charge < -0.3 is 19.9 Å². The van der Waals surface area contributed by atoms with Gasteiger partial charge in [-0.05, 0) is 32.4 Å². The van der Waals surface area contributed by atoms with E-state index in [9.17, 15) is 9.59 Å². The maximum Gasteiger partial charge on any atom is 0.339 e. The molecule has 1 atom stereocenters. The fourth-order valence-electron chi connectivity index (χ4n) is 1.58. The van der Waals surface area contributed by atoms with Crippen LogP contribution < -0.4 is 15.2 Å². The molecule has 0 bridgehead atoms. The van der Waals surface area contributed by atoms with Crippen LogP contribution in [0.1, 0.15) is 37.6 Å². The molecule has 22 heavy (non-hydrogen) atoms. The Balaban J connectivity index is 3.06. The minimum Gasteiger partial charge on any atom is -0.490 e. The van der Waals surface area contributed by atoms with Crippen molar-refractivity contribution in [2.45, 2.75) is 33.3 Å². The van der Waals surface area contributed by atoms with Crippen LogP contribution in [0.4, 0.5) is 0 Å². The summed E-state index contributed by atoms with van der Waals surface area (Å²) in [4.78, 5) is 23.0. The third-order valence-corrected chi connectivity index (χ3v) is 2.96. The molecule has 0 radical (unpaired) electrons. The van der Waals surface area contributed by atoms with Gasteiger partial charge in [0.05, 0.1) is 23.8 Å². The fourth-order valence-corrected chi connectivity index (χ4v) is 1.84. The Bertz CT molecular complexity index is 547. The highest BCUT2D eigenvalue weighted by Gasteiger charge is 2.20. The molecule has 6 nitrogen and oxygen atoms in total. The number of ether oxygens (including phenoxy) is 3. The van der Waals surface area contributed by atoms with Gasteiger partial charge in [-0.1, -0.05) is 18.5 Å². The van der Waals surface area contributed by atoms with E-state index < -0.39 is 18.0 Å². The maximum absolute atomic E-state index is 12.0. The van der Waals surface area contributed by atoms with E-state index in [0.29, 0.717) is 24.7 Å². The lowest BCUT2D eigenvalue weighted by molar-refractivity contribution is -0.125. The standard InChI is InChI=1S/C15H20ClNO5/c1-4-6-21-13-11(16)7-10(8-12(13)20-5-2)15(19)22-9(3)14(17)18/h7-9H,4-6H2,1-3H3,(H2,17,18)/t9-/m1/s1. The SMILES string of the molecule is CCCOc1c(Cl)cc(C(=O)O[C@H](C)C(N)=O)cc1OCC.